The quantitative estimate of drug-likeness (QED) is 0.761. The molecule has 3 aromatic rings. The van der Waals surface area contributed by atoms with Crippen LogP contribution in [-0.2, 0) is 0 Å². The van der Waals surface area contributed by atoms with Crippen LogP contribution in [-0.4, -0.2) is 16.1 Å². The Kier molecular flexibility index (Phi) is 3.12. The summed E-state index contributed by atoms with van der Waals surface area (Å²) in [4.78, 5) is 15.5. The fourth-order valence-corrected chi connectivity index (χ4v) is 2.75. The van der Waals surface area contributed by atoms with E-state index < -0.39 is 5.97 Å². The number of rotatable bonds is 3. The molecule has 2 N–H and O–H groups in total. The number of fused-ring (bicyclic) bond motifs is 1. The molecule has 2 aromatic carbocycles. The molecule has 0 bridgehead atoms. The summed E-state index contributed by atoms with van der Waals surface area (Å²) in [5.41, 5.74) is 5.47. The largest absolute Gasteiger partial charge is 0.478 e. The van der Waals surface area contributed by atoms with Crippen LogP contribution >= 0.6 is 11.3 Å². The summed E-state index contributed by atoms with van der Waals surface area (Å²) in [6, 6.07) is 11.0. The van der Waals surface area contributed by atoms with E-state index in [2.05, 4.69) is 10.3 Å². The number of carboxylic acids is 1. The highest BCUT2D eigenvalue weighted by Gasteiger charge is 2.10. The predicted molar refractivity (Wildman–Crippen MR) is 81.0 cm³/mol. The Balaban J connectivity index is 2.01. The first-order valence-corrected chi connectivity index (χ1v) is 6.96. The van der Waals surface area contributed by atoms with Gasteiger partial charge in [-0.3, -0.25) is 0 Å². The molecule has 1 heterocycles. The van der Waals surface area contributed by atoms with Crippen molar-refractivity contribution in [1.82, 2.24) is 4.98 Å². The molecule has 0 radical (unpaired) electrons. The summed E-state index contributed by atoms with van der Waals surface area (Å²) < 4.78 is 1.07. The van der Waals surface area contributed by atoms with Crippen molar-refractivity contribution in [2.45, 2.75) is 6.92 Å². The predicted octanol–water partition coefficient (Wildman–Crippen LogP) is 4.05. The fourth-order valence-electron chi connectivity index (χ4n) is 2.04. The minimum atomic E-state index is -0.939. The van der Waals surface area contributed by atoms with E-state index in [-0.39, 0.29) is 5.56 Å². The molecule has 0 saturated carbocycles. The minimum absolute atomic E-state index is 0.264. The Labute approximate surface area is 119 Å². The van der Waals surface area contributed by atoms with Gasteiger partial charge in [-0.05, 0) is 42.8 Å². The third-order valence-corrected chi connectivity index (χ3v) is 3.81. The van der Waals surface area contributed by atoms with Crippen LogP contribution in [0.5, 0.6) is 0 Å². The Hall–Kier alpha value is -2.40. The molecular formula is C15H12N2O2S. The molecule has 0 atom stereocenters. The summed E-state index contributed by atoms with van der Waals surface area (Å²) in [6.07, 6.45) is 0. The molecule has 0 spiro atoms. The highest BCUT2D eigenvalue weighted by molar-refractivity contribution is 7.16. The van der Waals surface area contributed by atoms with E-state index in [1.807, 2.05) is 31.2 Å². The summed E-state index contributed by atoms with van der Waals surface area (Å²) in [5.74, 6) is -0.939. The van der Waals surface area contributed by atoms with Gasteiger partial charge in [0.05, 0.1) is 27.0 Å². The summed E-state index contributed by atoms with van der Waals surface area (Å²) >= 11 is 1.56. The second kappa shape index (κ2) is 4.94. The molecule has 0 saturated heterocycles. The molecule has 3 rings (SSSR count). The summed E-state index contributed by atoms with van der Waals surface area (Å²) in [7, 11) is 0. The monoisotopic (exact) mass is 284 g/mol. The molecule has 100 valence electrons. The zero-order valence-electron chi connectivity index (χ0n) is 10.8. The SMILES string of the molecule is Cc1ccc(C(=O)O)c(Nc2ccc3ncsc3c2)c1. The zero-order valence-corrected chi connectivity index (χ0v) is 11.6. The Morgan fingerprint density at radius 3 is 2.90 bits per heavy atom. The standard InChI is InChI=1S/C15H12N2O2S/c1-9-2-4-11(15(18)19)13(6-9)17-10-3-5-12-14(7-10)20-8-16-12/h2-8,17H,1H3,(H,18,19). The average Bonchev–Trinajstić information content (AvgIpc) is 2.85. The fraction of sp³-hybridized carbons (Fsp3) is 0.0667. The van der Waals surface area contributed by atoms with Crippen LogP contribution in [0.25, 0.3) is 10.2 Å². The number of aryl methyl sites for hydroxylation is 1. The van der Waals surface area contributed by atoms with Gasteiger partial charge in [-0.2, -0.15) is 0 Å². The van der Waals surface area contributed by atoms with Gasteiger partial charge in [-0.1, -0.05) is 6.07 Å². The molecule has 1 aromatic heterocycles. The number of thiazole rings is 1. The van der Waals surface area contributed by atoms with Crippen LogP contribution in [0.4, 0.5) is 11.4 Å². The summed E-state index contributed by atoms with van der Waals surface area (Å²) in [6.45, 7) is 1.93. The van der Waals surface area contributed by atoms with Crippen molar-refractivity contribution >= 4 is 38.9 Å². The summed E-state index contributed by atoms with van der Waals surface area (Å²) in [5, 5.41) is 12.4. The molecule has 0 aliphatic carbocycles. The van der Waals surface area contributed by atoms with E-state index in [4.69, 9.17) is 0 Å². The van der Waals surface area contributed by atoms with E-state index in [1.165, 1.54) is 0 Å². The van der Waals surface area contributed by atoms with E-state index in [0.29, 0.717) is 5.69 Å². The van der Waals surface area contributed by atoms with Crippen molar-refractivity contribution in [2.75, 3.05) is 5.32 Å². The average molecular weight is 284 g/mol. The maximum atomic E-state index is 11.2. The number of hydrogen-bond donors (Lipinski definition) is 2. The highest BCUT2D eigenvalue weighted by atomic mass is 32.1. The van der Waals surface area contributed by atoms with E-state index in [9.17, 15) is 9.90 Å². The van der Waals surface area contributed by atoms with Gasteiger partial charge in [0.25, 0.3) is 0 Å². The van der Waals surface area contributed by atoms with Crippen LogP contribution < -0.4 is 5.32 Å². The van der Waals surface area contributed by atoms with Gasteiger partial charge in [0, 0.05) is 5.69 Å². The van der Waals surface area contributed by atoms with E-state index in [0.717, 1.165) is 21.5 Å². The number of nitrogens with zero attached hydrogens (tertiary/aromatic N) is 1. The second-order valence-electron chi connectivity index (χ2n) is 4.51. The third kappa shape index (κ3) is 2.35. The van der Waals surface area contributed by atoms with Crippen molar-refractivity contribution in [1.29, 1.82) is 0 Å². The topological polar surface area (TPSA) is 62.2 Å². The molecule has 5 heteroatoms. The molecule has 4 nitrogen and oxygen atoms in total. The van der Waals surface area contributed by atoms with Crippen LogP contribution in [0, 0.1) is 6.92 Å². The Morgan fingerprint density at radius 2 is 2.10 bits per heavy atom. The lowest BCUT2D eigenvalue weighted by Crippen LogP contribution is -2.03. The van der Waals surface area contributed by atoms with Gasteiger partial charge in [-0.25, -0.2) is 9.78 Å². The number of carbonyl (C=O) groups is 1. The van der Waals surface area contributed by atoms with Gasteiger partial charge < -0.3 is 10.4 Å². The lowest BCUT2D eigenvalue weighted by atomic mass is 10.1. The minimum Gasteiger partial charge on any atom is -0.478 e. The number of aromatic nitrogens is 1. The highest BCUT2D eigenvalue weighted by Crippen LogP contribution is 2.26. The maximum absolute atomic E-state index is 11.2. The molecule has 0 aliphatic rings. The smallest absolute Gasteiger partial charge is 0.337 e. The molecule has 20 heavy (non-hydrogen) atoms. The second-order valence-corrected chi connectivity index (χ2v) is 5.40. The lowest BCUT2D eigenvalue weighted by molar-refractivity contribution is 0.0698. The lowest BCUT2D eigenvalue weighted by Gasteiger charge is -2.10. The van der Waals surface area contributed by atoms with Crippen molar-refractivity contribution in [3.05, 3.63) is 53.0 Å². The first-order chi connectivity index (χ1) is 9.63. The van der Waals surface area contributed by atoms with Crippen LogP contribution in [0.3, 0.4) is 0 Å². The Morgan fingerprint density at radius 1 is 1.25 bits per heavy atom. The number of benzene rings is 2. The molecule has 0 fully saturated rings. The Bertz CT molecular complexity index is 795. The molecular weight excluding hydrogens is 272 g/mol. The first-order valence-electron chi connectivity index (χ1n) is 6.08. The van der Waals surface area contributed by atoms with Gasteiger partial charge in [0.1, 0.15) is 0 Å². The zero-order chi connectivity index (χ0) is 14.1. The molecule has 0 aliphatic heterocycles. The maximum Gasteiger partial charge on any atom is 0.337 e. The van der Waals surface area contributed by atoms with Gasteiger partial charge in [0.2, 0.25) is 0 Å². The van der Waals surface area contributed by atoms with E-state index in [1.54, 1.807) is 29.0 Å². The van der Waals surface area contributed by atoms with Crippen molar-refractivity contribution < 1.29 is 9.90 Å². The van der Waals surface area contributed by atoms with Crippen LogP contribution in [0.2, 0.25) is 0 Å². The van der Waals surface area contributed by atoms with Gasteiger partial charge >= 0.3 is 5.97 Å². The number of aromatic carboxylic acids is 1. The number of hydrogen-bond acceptors (Lipinski definition) is 4. The van der Waals surface area contributed by atoms with Crippen LogP contribution in [0.15, 0.2) is 41.9 Å². The van der Waals surface area contributed by atoms with Crippen LogP contribution in [0.1, 0.15) is 15.9 Å². The third-order valence-electron chi connectivity index (χ3n) is 3.02. The van der Waals surface area contributed by atoms with Crippen molar-refractivity contribution in [3.8, 4) is 0 Å². The molecule has 0 amide bonds. The molecule has 0 unspecified atom stereocenters. The normalized spacial score (nSPS) is 10.7. The van der Waals surface area contributed by atoms with E-state index >= 15 is 0 Å². The number of carboxylic acid groups (broad SMARTS) is 1. The van der Waals surface area contributed by atoms with Crippen molar-refractivity contribution in [3.63, 3.8) is 0 Å². The number of anilines is 2. The van der Waals surface area contributed by atoms with Gasteiger partial charge in [-0.15, -0.1) is 11.3 Å². The van der Waals surface area contributed by atoms with Crippen molar-refractivity contribution in [2.24, 2.45) is 0 Å². The number of nitrogens with one attached hydrogen (secondary N) is 1. The first kappa shape index (κ1) is 12.6. The van der Waals surface area contributed by atoms with Gasteiger partial charge in [0.15, 0.2) is 0 Å².